The van der Waals surface area contributed by atoms with Crippen LogP contribution < -0.4 is 5.32 Å². The number of benzene rings is 2. The highest BCUT2D eigenvalue weighted by molar-refractivity contribution is 9.10. The summed E-state index contributed by atoms with van der Waals surface area (Å²) in [6.07, 6.45) is 1.29. The maximum absolute atomic E-state index is 13.0. The Morgan fingerprint density at radius 1 is 1.17 bits per heavy atom. The lowest BCUT2D eigenvalue weighted by molar-refractivity contribution is -0.135. The van der Waals surface area contributed by atoms with Gasteiger partial charge in [0, 0.05) is 16.2 Å². The molecule has 0 radical (unpaired) electrons. The summed E-state index contributed by atoms with van der Waals surface area (Å²) in [5, 5.41) is 2.93. The number of methoxy groups -OCH3 is 1. The molecule has 1 N–H and O–H groups in total. The molecule has 2 aromatic carbocycles. The molecule has 0 amide bonds. The van der Waals surface area contributed by atoms with E-state index in [0.29, 0.717) is 5.69 Å². The van der Waals surface area contributed by atoms with Crippen LogP contribution in [0, 0.1) is 12.7 Å². The summed E-state index contributed by atoms with van der Waals surface area (Å²) in [6, 6.07) is 10.6. The molecule has 6 heteroatoms. The third kappa shape index (κ3) is 4.29. The van der Waals surface area contributed by atoms with Gasteiger partial charge in [-0.15, -0.1) is 0 Å². The van der Waals surface area contributed by atoms with Crippen molar-refractivity contribution in [3.05, 3.63) is 75.7 Å². The number of anilines is 1. The average Bonchev–Trinajstić information content (AvgIpc) is 2.58. The third-order valence-corrected chi connectivity index (χ3v) is 3.94. The van der Waals surface area contributed by atoms with Crippen molar-refractivity contribution in [1.82, 2.24) is 0 Å². The van der Waals surface area contributed by atoms with Crippen LogP contribution in [0.25, 0.3) is 0 Å². The second-order valence-corrected chi connectivity index (χ2v) is 5.87. The van der Waals surface area contributed by atoms with E-state index in [-0.39, 0.29) is 11.1 Å². The molecule has 0 aliphatic rings. The van der Waals surface area contributed by atoms with E-state index >= 15 is 0 Å². The van der Waals surface area contributed by atoms with Gasteiger partial charge in [-0.25, -0.2) is 9.18 Å². The predicted octanol–water partition coefficient (Wildman–Crippen LogP) is 4.25. The van der Waals surface area contributed by atoms with Crippen molar-refractivity contribution < 1.29 is 18.7 Å². The highest BCUT2D eigenvalue weighted by Crippen LogP contribution is 2.24. The molecule has 0 fully saturated rings. The minimum absolute atomic E-state index is 0.183. The molecule has 0 bridgehead atoms. The normalized spacial score (nSPS) is 11.1. The Hall–Kier alpha value is -2.47. The Morgan fingerprint density at radius 2 is 1.83 bits per heavy atom. The monoisotopic (exact) mass is 391 g/mol. The number of hydrogen-bond donors (Lipinski definition) is 1. The average molecular weight is 392 g/mol. The molecule has 24 heavy (non-hydrogen) atoms. The zero-order chi connectivity index (χ0) is 17.7. The lowest BCUT2D eigenvalue weighted by Gasteiger charge is -2.09. The van der Waals surface area contributed by atoms with Gasteiger partial charge in [0.05, 0.1) is 12.8 Å². The fourth-order valence-corrected chi connectivity index (χ4v) is 2.34. The number of carbonyl (C=O) groups is 2. The maximum atomic E-state index is 13.0. The Bertz CT molecular complexity index is 800. The molecule has 0 saturated heterocycles. The Balaban J connectivity index is 2.34. The Kier molecular flexibility index (Phi) is 5.87. The number of ketones is 1. The lowest BCUT2D eigenvalue weighted by atomic mass is 10.0. The highest BCUT2D eigenvalue weighted by Gasteiger charge is 2.20. The second-order valence-electron chi connectivity index (χ2n) is 5.01. The maximum Gasteiger partial charge on any atom is 0.343 e. The fourth-order valence-electron chi connectivity index (χ4n) is 1.98. The first-order valence-electron chi connectivity index (χ1n) is 7.04. The van der Waals surface area contributed by atoms with E-state index in [1.165, 1.54) is 25.4 Å². The number of aryl methyl sites for hydroxylation is 1. The van der Waals surface area contributed by atoms with Gasteiger partial charge in [-0.3, -0.25) is 4.79 Å². The Morgan fingerprint density at radius 3 is 2.46 bits per heavy atom. The molecule has 124 valence electrons. The Labute approximate surface area is 147 Å². The number of carbonyl (C=O) groups excluding carboxylic acids is 2. The van der Waals surface area contributed by atoms with Crippen LogP contribution in [0.5, 0.6) is 0 Å². The zero-order valence-corrected chi connectivity index (χ0v) is 14.7. The van der Waals surface area contributed by atoms with Crippen LogP contribution in [0.15, 0.2) is 58.7 Å². The molecular weight excluding hydrogens is 377 g/mol. The van der Waals surface area contributed by atoms with Crippen LogP contribution in [0.4, 0.5) is 10.1 Å². The van der Waals surface area contributed by atoms with E-state index in [2.05, 4.69) is 26.0 Å². The summed E-state index contributed by atoms with van der Waals surface area (Å²) in [4.78, 5) is 24.4. The van der Waals surface area contributed by atoms with Gasteiger partial charge in [0.25, 0.3) is 0 Å². The number of Topliss-reactive ketones (excluding diaryl/α,β-unsaturated/α-hetero) is 1. The van der Waals surface area contributed by atoms with Gasteiger partial charge in [0.15, 0.2) is 0 Å². The summed E-state index contributed by atoms with van der Waals surface area (Å²) in [6.45, 7) is 1.92. The molecule has 0 aromatic heterocycles. The van der Waals surface area contributed by atoms with E-state index in [0.717, 1.165) is 22.2 Å². The zero-order valence-electron chi connectivity index (χ0n) is 13.1. The molecule has 4 nitrogen and oxygen atoms in total. The summed E-state index contributed by atoms with van der Waals surface area (Å²) in [5.74, 6) is -1.80. The van der Waals surface area contributed by atoms with Crippen LogP contribution in [0.3, 0.4) is 0 Å². The SMILES string of the molecule is COC(=O)C(=CNc1cc(C)ccc1Br)C(=O)c1ccc(F)cc1. The first-order chi connectivity index (χ1) is 11.4. The number of esters is 1. The topological polar surface area (TPSA) is 55.4 Å². The quantitative estimate of drug-likeness (QED) is 0.272. The van der Waals surface area contributed by atoms with Crippen molar-refractivity contribution in [2.24, 2.45) is 0 Å². The number of halogens is 2. The van der Waals surface area contributed by atoms with Gasteiger partial charge < -0.3 is 10.1 Å². The third-order valence-electron chi connectivity index (χ3n) is 3.25. The van der Waals surface area contributed by atoms with E-state index in [9.17, 15) is 14.0 Å². The van der Waals surface area contributed by atoms with Crippen molar-refractivity contribution in [2.75, 3.05) is 12.4 Å². The number of rotatable bonds is 5. The van der Waals surface area contributed by atoms with E-state index in [1.807, 2.05) is 25.1 Å². The van der Waals surface area contributed by atoms with Crippen molar-refractivity contribution in [1.29, 1.82) is 0 Å². The predicted molar refractivity (Wildman–Crippen MR) is 93.3 cm³/mol. The molecule has 0 saturated carbocycles. The molecule has 2 rings (SSSR count). The van der Waals surface area contributed by atoms with Gasteiger partial charge >= 0.3 is 5.97 Å². The van der Waals surface area contributed by atoms with Crippen LogP contribution in [-0.4, -0.2) is 18.9 Å². The second kappa shape index (κ2) is 7.88. The summed E-state index contributed by atoms with van der Waals surface area (Å²) < 4.78 is 18.4. The van der Waals surface area contributed by atoms with E-state index in [4.69, 9.17) is 0 Å². The summed E-state index contributed by atoms with van der Waals surface area (Å²) in [7, 11) is 1.19. The fraction of sp³-hybridized carbons (Fsp3) is 0.111. The summed E-state index contributed by atoms with van der Waals surface area (Å²) in [5.41, 5.74) is 1.72. The van der Waals surface area contributed by atoms with Crippen LogP contribution in [0.1, 0.15) is 15.9 Å². The van der Waals surface area contributed by atoms with Gasteiger partial charge in [-0.2, -0.15) is 0 Å². The molecular formula is C18H15BrFNO3. The standard InChI is InChI=1S/C18H15BrFNO3/c1-11-3-8-15(19)16(9-11)21-10-14(18(23)24-2)17(22)12-4-6-13(20)7-5-12/h3-10,21H,1-2H3. The smallest absolute Gasteiger partial charge is 0.343 e. The van der Waals surface area contributed by atoms with Crippen LogP contribution >= 0.6 is 15.9 Å². The minimum Gasteiger partial charge on any atom is -0.465 e. The highest BCUT2D eigenvalue weighted by atomic mass is 79.9. The van der Waals surface area contributed by atoms with Crippen LogP contribution in [-0.2, 0) is 9.53 Å². The first kappa shape index (κ1) is 17.9. The lowest BCUT2D eigenvalue weighted by Crippen LogP contribution is -2.16. The van der Waals surface area contributed by atoms with Gasteiger partial charge in [-0.05, 0) is 64.8 Å². The van der Waals surface area contributed by atoms with E-state index < -0.39 is 17.6 Å². The largest absolute Gasteiger partial charge is 0.465 e. The molecule has 0 unspecified atom stereocenters. The molecule has 0 spiro atoms. The minimum atomic E-state index is -0.777. The van der Waals surface area contributed by atoms with Gasteiger partial charge in [0.2, 0.25) is 5.78 Å². The van der Waals surface area contributed by atoms with Crippen molar-refractivity contribution in [2.45, 2.75) is 6.92 Å². The number of hydrogen-bond acceptors (Lipinski definition) is 4. The molecule has 0 atom stereocenters. The van der Waals surface area contributed by atoms with Crippen molar-refractivity contribution in [3.8, 4) is 0 Å². The van der Waals surface area contributed by atoms with Gasteiger partial charge in [0.1, 0.15) is 11.4 Å². The molecule has 0 heterocycles. The molecule has 2 aromatic rings. The van der Waals surface area contributed by atoms with E-state index in [1.54, 1.807) is 0 Å². The first-order valence-corrected chi connectivity index (χ1v) is 7.83. The summed E-state index contributed by atoms with van der Waals surface area (Å²) >= 11 is 3.39. The number of nitrogens with one attached hydrogen (secondary N) is 1. The molecule has 0 aliphatic carbocycles. The molecule has 0 aliphatic heterocycles. The van der Waals surface area contributed by atoms with Crippen LogP contribution in [0.2, 0.25) is 0 Å². The van der Waals surface area contributed by atoms with Crippen molar-refractivity contribution in [3.63, 3.8) is 0 Å². The van der Waals surface area contributed by atoms with Crippen molar-refractivity contribution >= 4 is 33.4 Å². The number of ether oxygens (including phenoxy) is 1. The van der Waals surface area contributed by atoms with Gasteiger partial charge in [-0.1, -0.05) is 6.07 Å².